The molecule has 2 amide bonds. The second-order valence-corrected chi connectivity index (χ2v) is 10.1. The number of nitrogens with one attached hydrogen (secondary N) is 2. The summed E-state index contributed by atoms with van der Waals surface area (Å²) in [6.07, 6.45) is 0.405. The highest BCUT2D eigenvalue weighted by atomic mass is 32.2. The molecular formula is C22H24N4O4S. The van der Waals surface area contributed by atoms with E-state index in [9.17, 15) is 18.0 Å². The van der Waals surface area contributed by atoms with E-state index < -0.39 is 21.5 Å². The van der Waals surface area contributed by atoms with Crippen molar-refractivity contribution < 1.29 is 18.0 Å². The Morgan fingerprint density at radius 2 is 1.81 bits per heavy atom. The predicted octanol–water partition coefficient (Wildman–Crippen LogP) is 0.975. The summed E-state index contributed by atoms with van der Waals surface area (Å²) in [5.74, 6) is -1.03. The molecule has 3 atom stereocenters. The number of nitrogens with zero attached hydrogens (tertiary/aromatic N) is 2. The Labute approximate surface area is 181 Å². The van der Waals surface area contributed by atoms with Gasteiger partial charge in [-0.1, -0.05) is 36.4 Å². The Morgan fingerprint density at radius 1 is 1.10 bits per heavy atom. The lowest BCUT2D eigenvalue weighted by atomic mass is 9.78. The first-order valence-corrected chi connectivity index (χ1v) is 11.8. The third-order valence-corrected chi connectivity index (χ3v) is 8.67. The molecule has 3 aliphatic heterocycles. The maximum absolute atomic E-state index is 13.4. The van der Waals surface area contributed by atoms with Gasteiger partial charge in [0, 0.05) is 44.0 Å². The first-order valence-electron chi connectivity index (χ1n) is 10.3. The fourth-order valence-corrected chi connectivity index (χ4v) is 6.95. The number of piperazine rings is 1. The molecule has 3 heterocycles. The standard InChI is InChI=1S/C22H24N4O4S/c1-23-20(27)18-13-15-14-25(31(29,30)16-7-3-2-4-8-16)11-12-26(15)22(18)17-9-5-6-10-19(17)24-21(22)28/h2-10,15,18H,11-14H2,1H3,(H,23,27)(H,24,28)/t15-,18+,22-/m1/s1. The molecule has 2 aromatic rings. The van der Waals surface area contributed by atoms with Crippen molar-refractivity contribution >= 4 is 27.5 Å². The average Bonchev–Trinajstić information content (AvgIpc) is 3.29. The van der Waals surface area contributed by atoms with Gasteiger partial charge in [-0.2, -0.15) is 4.31 Å². The van der Waals surface area contributed by atoms with E-state index in [0.29, 0.717) is 18.7 Å². The number of amides is 2. The number of anilines is 1. The minimum atomic E-state index is -3.65. The van der Waals surface area contributed by atoms with Crippen molar-refractivity contribution in [2.75, 3.05) is 32.0 Å². The normalized spacial score (nSPS) is 28.2. The van der Waals surface area contributed by atoms with Gasteiger partial charge in [0.2, 0.25) is 21.8 Å². The van der Waals surface area contributed by atoms with E-state index in [2.05, 4.69) is 10.6 Å². The quantitative estimate of drug-likeness (QED) is 0.741. The molecule has 162 valence electrons. The largest absolute Gasteiger partial charge is 0.359 e. The summed E-state index contributed by atoms with van der Waals surface area (Å²) < 4.78 is 27.8. The zero-order valence-electron chi connectivity index (χ0n) is 17.1. The molecule has 0 unspecified atom stereocenters. The first-order chi connectivity index (χ1) is 14.9. The third kappa shape index (κ3) is 2.77. The van der Waals surface area contributed by atoms with E-state index in [1.54, 1.807) is 37.4 Å². The van der Waals surface area contributed by atoms with E-state index in [-0.39, 0.29) is 35.8 Å². The van der Waals surface area contributed by atoms with Crippen molar-refractivity contribution in [1.82, 2.24) is 14.5 Å². The van der Waals surface area contributed by atoms with Crippen LogP contribution in [-0.2, 0) is 25.2 Å². The van der Waals surface area contributed by atoms with Crippen LogP contribution in [0.1, 0.15) is 12.0 Å². The SMILES string of the molecule is CNC(=O)[C@@H]1C[C@@H]2CN(S(=O)(=O)c3ccccc3)CCN2[C@@]12C(=O)Nc1ccccc12. The maximum Gasteiger partial charge on any atom is 0.250 e. The fourth-order valence-electron chi connectivity index (χ4n) is 5.46. The Morgan fingerprint density at radius 3 is 2.55 bits per heavy atom. The van der Waals surface area contributed by atoms with Gasteiger partial charge in [-0.25, -0.2) is 8.42 Å². The highest BCUT2D eigenvalue weighted by Crippen LogP contribution is 2.53. The minimum absolute atomic E-state index is 0.210. The number of hydrogen-bond donors (Lipinski definition) is 2. The molecule has 9 heteroatoms. The van der Waals surface area contributed by atoms with Crippen LogP contribution >= 0.6 is 0 Å². The topological polar surface area (TPSA) is 98.8 Å². The molecule has 0 aromatic heterocycles. The zero-order valence-corrected chi connectivity index (χ0v) is 17.9. The van der Waals surface area contributed by atoms with Crippen LogP contribution in [0.5, 0.6) is 0 Å². The van der Waals surface area contributed by atoms with E-state index in [1.165, 1.54) is 4.31 Å². The Kier molecular flexibility index (Phi) is 4.65. The number of para-hydroxylation sites is 1. The Balaban J connectivity index is 1.54. The van der Waals surface area contributed by atoms with Gasteiger partial charge in [0.1, 0.15) is 5.54 Å². The van der Waals surface area contributed by atoms with Gasteiger partial charge >= 0.3 is 0 Å². The molecule has 2 aromatic carbocycles. The number of carbonyl (C=O) groups is 2. The summed E-state index contributed by atoms with van der Waals surface area (Å²) >= 11 is 0. The first kappa shape index (κ1) is 20.2. The predicted molar refractivity (Wildman–Crippen MR) is 115 cm³/mol. The van der Waals surface area contributed by atoms with Gasteiger partial charge in [-0.15, -0.1) is 0 Å². The number of fused-ring (bicyclic) bond motifs is 4. The van der Waals surface area contributed by atoms with Crippen LogP contribution in [0.3, 0.4) is 0 Å². The molecule has 0 radical (unpaired) electrons. The van der Waals surface area contributed by atoms with Crippen molar-refractivity contribution in [3.8, 4) is 0 Å². The molecule has 3 aliphatic rings. The molecule has 5 rings (SSSR count). The molecule has 2 saturated heterocycles. The highest BCUT2D eigenvalue weighted by molar-refractivity contribution is 7.89. The third-order valence-electron chi connectivity index (χ3n) is 6.79. The average molecular weight is 441 g/mol. The van der Waals surface area contributed by atoms with Gasteiger partial charge in [0.15, 0.2) is 0 Å². The molecule has 0 saturated carbocycles. The number of rotatable bonds is 3. The van der Waals surface area contributed by atoms with E-state index in [1.807, 2.05) is 29.2 Å². The lowest BCUT2D eigenvalue weighted by molar-refractivity contribution is -0.138. The lowest BCUT2D eigenvalue weighted by Crippen LogP contribution is -2.61. The van der Waals surface area contributed by atoms with Crippen molar-refractivity contribution in [1.29, 1.82) is 0 Å². The number of carbonyl (C=O) groups excluding carboxylic acids is 2. The lowest BCUT2D eigenvalue weighted by Gasteiger charge is -2.43. The summed E-state index contributed by atoms with van der Waals surface area (Å²) in [5, 5.41) is 5.66. The molecular weight excluding hydrogens is 416 g/mol. The zero-order chi connectivity index (χ0) is 21.8. The summed E-state index contributed by atoms with van der Waals surface area (Å²) in [6.45, 7) is 0.860. The maximum atomic E-state index is 13.4. The summed E-state index contributed by atoms with van der Waals surface area (Å²) in [6, 6.07) is 15.6. The van der Waals surface area contributed by atoms with Crippen molar-refractivity contribution in [2.24, 2.45) is 5.92 Å². The smallest absolute Gasteiger partial charge is 0.250 e. The van der Waals surface area contributed by atoms with Gasteiger partial charge in [-0.3, -0.25) is 14.5 Å². The van der Waals surface area contributed by atoms with Crippen LogP contribution in [0.15, 0.2) is 59.5 Å². The van der Waals surface area contributed by atoms with Crippen molar-refractivity contribution in [3.05, 3.63) is 60.2 Å². The Bertz CT molecular complexity index is 1150. The van der Waals surface area contributed by atoms with E-state index in [0.717, 1.165) is 5.56 Å². The molecule has 2 N–H and O–H groups in total. The number of benzene rings is 2. The van der Waals surface area contributed by atoms with Gasteiger partial charge < -0.3 is 10.6 Å². The van der Waals surface area contributed by atoms with Crippen LogP contribution in [0, 0.1) is 5.92 Å². The van der Waals surface area contributed by atoms with Gasteiger partial charge in [0.25, 0.3) is 0 Å². The minimum Gasteiger partial charge on any atom is -0.359 e. The van der Waals surface area contributed by atoms with Crippen LogP contribution in [0.4, 0.5) is 5.69 Å². The molecule has 31 heavy (non-hydrogen) atoms. The van der Waals surface area contributed by atoms with Crippen molar-refractivity contribution in [2.45, 2.75) is 22.9 Å². The van der Waals surface area contributed by atoms with Crippen LogP contribution in [-0.4, -0.2) is 62.2 Å². The second kappa shape index (κ2) is 7.15. The van der Waals surface area contributed by atoms with E-state index >= 15 is 0 Å². The monoisotopic (exact) mass is 440 g/mol. The molecule has 8 nitrogen and oxygen atoms in total. The van der Waals surface area contributed by atoms with Crippen LogP contribution < -0.4 is 10.6 Å². The molecule has 0 bridgehead atoms. The molecule has 0 aliphatic carbocycles. The highest BCUT2D eigenvalue weighted by Gasteiger charge is 2.65. The van der Waals surface area contributed by atoms with E-state index in [4.69, 9.17) is 0 Å². The van der Waals surface area contributed by atoms with Gasteiger partial charge in [0.05, 0.1) is 10.8 Å². The number of sulfonamides is 1. The molecule has 2 fully saturated rings. The molecule has 1 spiro atoms. The van der Waals surface area contributed by atoms with Gasteiger partial charge in [-0.05, 0) is 24.6 Å². The van der Waals surface area contributed by atoms with Crippen molar-refractivity contribution in [3.63, 3.8) is 0 Å². The van der Waals surface area contributed by atoms with Crippen LogP contribution in [0.2, 0.25) is 0 Å². The summed E-state index contributed by atoms with van der Waals surface area (Å²) in [4.78, 5) is 28.6. The summed E-state index contributed by atoms with van der Waals surface area (Å²) in [5.41, 5.74) is 0.376. The Hall–Kier alpha value is -2.75. The fraction of sp³-hybridized carbons (Fsp3) is 0.364. The second-order valence-electron chi connectivity index (χ2n) is 8.19. The number of hydrogen-bond acceptors (Lipinski definition) is 5. The summed E-state index contributed by atoms with van der Waals surface area (Å²) in [7, 11) is -2.08. The van der Waals surface area contributed by atoms with Crippen LogP contribution in [0.25, 0.3) is 0 Å².